The molecular formula is C13H19FN2O. The summed E-state index contributed by atoms with van der Waals surface area (Å²) in [4.78, 5) is 0. The third-order valence-corrected chi connectivity index (χ3v) is 3.73. The molecule has 2 rings (SSSR count). The second-order valence-corrected chi connectivity index (χ2v) is 4.72. The van der Waals surface area contributed by atoms with E-state index >= 15 is 0 Å². The highest BCUT2D eigenvalue weighted by Crippen LogP contribution is 2.41. The predicted molar refractivity (Wildman–Crippen MR) is 64.7 cm³/mol. The van der Waals surface area contributed by atoms with Crippen LogP contribution < -0.4 is 11.3 Å². The van der Waals surface area contributed by atoms with Crippen LogP contribution in [0.15, 0.2) is 24.3 Å². The van der Waals surface area contributed by atoms with Gasteiger partial charge in [0.1, 0.15) is 5.82 Å². The van der Waals surface area contributed by atoms with E-state index in [1.54, 1.807) is 13.2 Å². The minimum absolute atomic E-state index is 0.0639. The van der Waals surface area contributed by atoms with Gasteiger partial charge in [-0.05, 0) is 43.4 Å². The molecule has 0 saturated heterocycles. The Kier molecular flexibility index (Phi) is 3.76. The summed E-state index contributed by atoms with van der Waals surface area (Å²) in [6, 6.07) is 6.48. The van der Waals surface area contributed by atoms with E-state index in [-0.39, 0.29) is 17.5 Å². The van der Waals surface area contributed by atoms with Crippen LogP contribution in [0.5, 0.6) is 0 Å². The maximum Gasteiger partial charge on any atom is 0.123 e. The van der Waals surface area contributed by atoms with E-state index in [9.17, 15) is 4.39 Å². The van der Waals surface area contributed by atoms with Crippen molar-refractivity contribution < 1.29 is 9.13 Å². The predicted octanol–water partition coefficient (Wildman–Crippen LogP) is 2.29. The van der Waals surface area contributed by atoms with E-state index in [0.29, 0.717) is 0 Å². The summed E-state index contributed by atoms with van der Waals surface area (Å²) < 4.78 is 18.7. The topological polar surface area (TPSA) is 47.3 Å². The maximum absolute atomic E-state index is 13.2. The average molecular weight is 238 g/mol. The van der Waals surface area contributed by atoms with Crippen LogP contribution in [0.2, 0.25) is 0 Å². The van der Waals surface area contributed by atoms with Crippen LogP contribution in [0.3, 0.4) is 0 Å². The lowest BCUT2D eigenvalue weighted by Crippen LogP contribution is -2.44. The summed E-state index contributed by atoms with van der Waals surface area (Å²) in [5.41, 5.74) is 3.55. The van der Waals surface area contributed by atoms with E-state index < -0.39 is 0 Å². The summed E-state index contributed by atoms with van der Waals surface area (Å²) in [5, 5.41) is 0. The summed E-state index contributed by atoms with van der Waals surface area (Å²) in [6.07, 6.45) is 4.08. The van der Waals surface area contributed by atoms with E-state index in [4.69, 9.17) is 10.6 Å². The van der Waals surface area contributed by atoms with Crippen LogP contribution in [0, 0.1) is 5.82 Å². The molecule has 1 unspecified atom stereocenters. The number of hydrogen-bond donors (Lipinski definition) is 2. The Labute approximate surface area is 101 Å². The van der Waals surface area contributed by atoms with Crippen molar-refractivity contribution in [1.29, 1.82) is 0 Å². The Balaban J connectivity index is 2.11. The molecule has 0 heterocycles. The molecule has 4 heteroatoms. The van der Waals surface area contributed by atoms with Gasteiger partial charge in [-0.2, -0.15) is 0 Å². The van der Waals surface area contributed by atoms with Crippen LogP contribution in [0.4, 0.5) is 4.39 Å². The van der Waals surface area contributed by atoms with Crippen LogP contribution in [0.25, 0.3) is 0 Å². The number of halogens is 1. The maximum atomic E-state index is 13.2. The van der Waals surface area contributed by atoms with Gasteiger partial charge in [-0.15, -0.1) is 0 Å². The van der Waals surface area contributed by atoms with Crippen LogP contribution in [-0.2, 0) is 4.74 Å². The lowest BCUT2D eigenvalue weighted by Gasteiger charge is -2.42. The standard InChI is InChI=1S/C13H19FN2O/c1-17-13(6-3-7-13)9-12(16-15)10-4-2-5-11(14)8-10/h2,4-5,8,12,16H,3,6-7,9,15H2,1H3. The van der Waals surface area contributed by atoms with E-state index in [1.165, 1.54) is 18.6 Å². The quantitative estimate of drug-likeness (QED) is 0.611. The average Bonchev–Trinajstić information content (AvgIpc) is 2.29. The number of nitrogens with one attached hydrogen (secondary N) is 1. The first-order valence-electron chi connectivity index (χ1n) is 5.96. The third kappa shape index (κ3) is 2.65. The minimum Gasteiger partial charge on any atom is -0.378 e. The van der Waals surface area contributed by atoms with Crippen LogP contribution in [-0.4, -0.2) is 12.7 Å². The number of hydrazine groups is 1. The molecule has 3 nitrogen and oxygen atoms in total. The van der Waals surface area contributed by atoms with Gasteiger partial charge in [0.15, 0.2) is 0 Å². The van der Waals surface area contributed by atoms with Crippen molar-refractivity contribution in [2.45, 2.75) is 37.3 Å². The number of methoxy groups -OCH3 is 1. The van der Waals surface area contributed by atoms with Gasteiger partial charge in [0.25, 0.3) is 0 Å². The van der Waals surface area contributed by atoms with Gasteiger partial charge < -0.3 is 4.74 Å². The fourth-order valence-electron chi connectivity index (χ4n) is 2.43. The highest BCUT2D eigenvalue weighted by molar-refractivity contribution is 5.21. The number of ether oxygens (including phenoxy) is 1. The summed E-state index contributed by atoms with van der Waals surface area (Å²) in [7, 11) is 1.73. The molecule has 0 amide bonds. The Hall–Kier alpha value is -0.970. The van der Waals surface area contributed by atoms with Crippen molar-refractivity contribution in [3.8, 4) is 0 Å². The van der Waals surface area contributed by atoms with Crippen molar-refractivity contribution in [3.63, 3.8) is 0 Å². The molecule has 0 radical (unpaired) electrons. The molecule has 17 heavy (non-hydrogen) atoms. The summed E-state index contributed by atoms with van der Waals surface area (Å²) in [5.74, 6) is 5.33. The number of rotatable bonds is 5. The van der Waals surface area contributed by atoms with Crippen molar-refractivity contribution in [2.75, 3.05) is 7.11 Å². The first kappa shape index (κ1) is 12.5. The molecule has 1 aromatic carbocycles. The highest BCUT2D eigenvalue weighted by Gasteiger charge is 2.39. The SMILES string of the molecule is COC1(CC(NN)c2cccc(F)c2)CCC1. The molecule has 1 aliphatic rings. The summed E-state index contributed by atoms with van der Waals surface area (Å²) in [6.45, 7) is 0. The first-order valence-corrected chi connectivity index (χ1v) is 5.96. The first-order chi connectivity index (χ1) is 8.19. The van der Waals surface area contributed by atoms with Crippen molar-refractivity contribution >= 4 is 0 Å². The zero-order valence-electron chi connectivity index (χ0n) is 10.1. The zero-order valence-corrected chi connectivity index (χ0v) is 10.1. The molecule has 3 N–H and O–H groups in total. The normalized spacial score (nSPS) is 19.7. The molecule has 1 atom stereocenters. The van der Waals surface area contributed by atoms with Gasteiger partial charge >= 0.3 is 0 Å². The Morgan fingerprint density at radius 1 is 1.53 bits per heavy atom. The van der Waals surface area contributed by atoms with Crippen molar-refractivity contribution in [2.24, 2.45) is 5.84 Å². The largest absolute Gasteiger partial charge is 0.378 e. The van der Waals surface area contributed by atoms with Crippen LogP contribution >= 0.6 is 0 Å². The Bertz CT molecular complexity index is 374. The Morgan fingerprint density at radius 3 is 2.76 bits per heavy atom. The van der Waals surface area contributed by atoms with Gasteiger partial charge in [0, 0.05) is 13.2 Å². The number of hydrogen-bond acceptors (Lipinski definition) is 3. The monoisotopic (exact) mass is 238 g/mol. The lowest BCUT2D eigenvalue weighted by molar-refractivity contribution is -0.0838. The third-order valence-electron chi connectivity index (χ3n) is 3.73. The molecule has 0 bridgehead atoms. The smallest absolute Gasteiger partial charge is 0.123 e. The van der Waals surface area contributed by atoms with E-state index in [0.717, 1.165) is 24.8 Å². The molecule has 0 aromatic heterocycles. The minimum atomic E-state index is -0.233. The summed E-state index contributed by atoms with van der Waals surface area (Å²) >= 11 is 0. The molecular weight excluding hydrogens is 219 g/mol. The van der Waals surface area contributed by atoms with Gasteiger partial charge in [-0.1, -0.05) is 12.1 Å². The molecule has 1 aromatic rings. The van der Waals surface area contributed by atoms with Gasteiger partial charge in [-0.25, -0.2) is 4.39 Å². The molecule has 94 valence electrons. The molecule has 1 saturated carbocycles. The molecule has 0 spiro atoms. The van der Waals surface area contributed by atoms with Crippen LogP contribution in [0.1, 0.15) is 37.3 Å². The fourth-order valence-corrected chi connectivity index (χ4v) is 2.43. The molecule has 1 aliphatic carbocycles. The molecule has 1 fully saturated rings. The Morgan fingerprint density at radius 2 is 2.29 bits per heavy atom. The van der Waals surface area contributed by atoms with Gasteiger partial charge in [0.05, 0.1) is 5.60 Å². The van der Waals surface area contributed by atoms with Crippen molar-refractivity contribution in [3.05, 3.63) is 35.6 Å². The van der Waals surface area contributed by atoms with E-state index in [1.807, 2.05) is 6.07 Å². The van der Waals surface area contributed by atoms with Crippen molar-refractivity contribution in [1.82, 2.24) is 5.43 Å². The fraction of sp³-hybridized carbons (Fsp3) is 0.538. The highest BCUT2D eigenvalue weighted by atomic mass is 19.1. The van der Waals surface area contributed by atoms with Gasteiger partial charge in [-0.3, -0.25) is 11.3 Å². The second-order valence-electron chi connectivity index (χ2n) is 4.72. The molecule has 0 aliphatic heterocycles. The van der Waals surface area contributed by atoms with Gasteiger partial charge in [0.2, 0.25) is 0 Å². The lowest BCUT2D eigenvalue weighted by atomic mass is 9.75. The zero-order chi connectivity index (χ0) is 12.3. The van der Waals surface area contributed by atoms with E-state index in [2.05, 4.69) is 5.43 Å². The number of benzene rings is 1. The second kappa shape index (κ2) is 5.12. The number of nitrogens with two attached hydrogens (primary N) is 1.